The van der Waals surface area contributed by atoms with Gasteiger partial charge < -0.3 is 9.22 Å². The fourth-order valence-electron chi connectivity index (χ4n) is 8.89. The fraction of sp³-hybridized carbons (Fsp3) is 0.455. The summed E-state index contributed by atoms with van der Waals surface area (Å²) in [7, 11) is 0. The summed E-state index contributed by atoms with van der Waals surface area (Å²) in [6, 6.07) is 21.8. The van der Waals surface area contributed by atoms with Crippen molar-refractivity contribution in [1.82, 2.24) is 0 Å². The lowest BCUT2D eigenvalue weighted by atomic mass is 9.73. The molecule has 218 valence electrons. The second-order valence-corrected chi connectivity index (χ2v) is 12.5. The highest BCUT2D eigenvalue weighted by Crippen LogP contribution is 2.68. The Morgan fingerprint density at radius 2 is 1.39 bits per heavy atom. The third-order valence-electron chi connectivity index (χ3n) is 10.4. The lowest BCUT2D eigenvalue weighted by Crippen LogP contribution is -2.57. The topological polar surface area (TPSA) is 9.23 Å². The Morgan fingerprint density at radius 3 is 1.98 bits per heavy atom. The molecule has 0 unspecified atom stereocenters. The van der Waals surface area contributed by atoms with Crippen LogP contribution in [-0.2, 0) is 35.8 Å². The van der Waals surface area contributed by atoms with Crippen molar-refractivity contribution in [3.8, 4) is 0 Å². The number of rotatable bonds is 6. The lowest BCUT2D eigenvalue weighted by Gasteiger charge is -2.43. The molecule has 0 bridgehead atoms. The maximum Gasteiger partial charge on any atom is 0.416 e. The van der Waals surface area contributed by atoms with Crippen LogP contribution in [0.1, 0.15) is 54.5 Å². The van der Waals surface area contributed by atoms with Crippen molar-refractivity contribution in [2.75, 3.05) is 13.1 Å². The Kier molecular flexibility index (Phi) is 6.62. The van der Waals surface area contributed by atoms with Crippen LogP contribution < -0.4 is 0 Å². The van der Waals surface area contributed by atoms with Gasteiger partial charge in [0, 0.05) is 17.4 Å². The van der Waals surface area contributed by atoms with Crippen molar-refractivity contribution >= 4 is 0 Å². The van der Waals surface area contributed by atoms with Crippen molar-refractivity contribution in [3.63, 3.8) is 0 Å². The van der Waals surface area contributed by atoms with E-state index in [-0.39, 0.29) is 29.7 Å². The molecule has 0 spiro atoms. The number of quaternary nitrogens is 1. The van der Waals surface area contributed by atoms with Crippen molar-refractivity contribution in [1.29, 1.82) is 0 Å². The molecule has 0 aromatic heterocycles. The van der Waals surface area contributed by atoms with Crippen molar-refractivity contribution in [2.45, 2.75) is 63.3 Å². The number of nitrogens with zero attached hydrogens (tertiary/aromatic N) is 1. The third-order valence-corrected chi connectivity index (χ3v) is 10.4. The molecule has 2 aliphatic heterocycles. The molecular weight excluding hydrogens is 540 g/mol. The van der Waals surface area contributed by atoms with Crippen LogP contribution in [0.4, 0.5) is 26.3 Å². The van der Waals surface area contributed by atoms with E-state index in [2.05, 4.69) is 26.0 Å². The van der Waals surface area contributed by atoms with E-state index in [0.29, 0.717) is 18.4 Å². The largest absolute Gasteiger partial charge is 0.416 e. The Labute approximate surface area is 236 Å². The first-order chi connectivity index (χ1) is 19.3. The van der Waals surface area contributed by atoms with E-state index < -0.39 is 29.1 Å². The predicted molar refractivity (Wildman–Crippen MR) is 143 cm³/mol. The van der Waals surface area contributed by atoms with Crippen LogP contribution in [0.5, 0.6) is 0 Å². The number of alkyl halides is 6. The molecule has 3 aromatic carbocycles. The average molecular weight is 575 g/mol. The number of hydrogen-bond donors (Lipinski definition) is 0. The van der Waals surface area contributed by atoms with E-state index in [1.165, 1.54) is 5.56 Å². The minimum Gasteiger partial charge on any atom is -0.359 e. The van der Waals surface area contributed by atoms with Crippen LogP contribution >= 0.6 is 0 Å². The van der Waals surface area contributed by atoms with Gasteiger partial charge in [-0.2, -0.15) is 26.3 Å². The summed E-state index contributed by atoms with van der Waals surface area (Å²) >= 11 is 0. The van der Waals surface area contributed by atoms with E-state index in [1.54, 1.807) is 0 Å². The fourth-order valence-corrected chi connectivity index (χ4v) is 8.89. The number of ether oxygens (including phenoxy) is 1. The summed E-state index contributed by atoms with van der Waals surface area (Å²) in [6.07, 6.45) is -7.89. The van der Waals surface area contributed by atoms with Gasteiger partial charge in [0.2, 0.25) is 0 Å². The van der Waals surface area contributed by atoms with Gasteiger partial charge in [-0.1, -0.05) is 67.6 Å². The number of benzene rings is 3. The highest BCUT2D eigenvalue weighted by Gasteiger charge is 2.78. The first kappa shape index (κ1) is 28.3. The quantitative estimate of drug-likeness (QED) is 0.212. The van der Waals surface area contributed by atoms with Gasteiger partial charge in [0.05, 0.1) is 30.2 Å². The molecule has 1 aliphatic carbocycles. The van der Waals surface area contributed by atoms with Crippen LogP contribution in [0.25, 0.3) is 0 Å². The Bertz CT molecular complexity index is 1370. The first-order valence-electron chi connectivity index (χ1n) is 14.2. The monoisotopic (exact) mass is 574 g/mol. The van der Waals surface area contributed by atoms with Crippen molar-refractivity contribution in [3.05, 3.63) is 107 Å². The second kappa shape index (κ2) is 9.60. The molecule has 41 heavy (non-hydrogen) atoms. The van der Waals surface area contributed by atoms with Crippen LogP contribution in [-0.4, -0.2) is 23.1 Å². The normalized spacial score (nSPS) is 32.8. The summed E-state index contributed by atoms with van der Waals surface area (Å²) < 4.78 is 89.3. The smallest absolute Gasteiger partial charge is 0.359 e. The van der Waals surface area contributed by atoms with Crippen molar-refractivity contribution in [2.24, 2.45) is 17.8 Å². The van der Waals surface area contributed by atoms with Crippen LogP contribution in [0, 0.1) is 17.8 Å². The maximum atomic E-state index is 13.6. The Balaban J connectivity index is 1.45. The van der Waals surface area contributed by atoms with Gasteiger partial charge in [0.25, 0.3) is 0 Å². The van der Waals surface area contributed by atoms with E-state index in [9.17, 15) is 26.3 Å². The third kappa shape index (κ3) is 4.49. The Morgan fingerprint density at radius 1 is 0.805 bits per heavy atom. The first-order valence-corrected chi connectivity index (χ1v) is 14.2. The van der Waals surface area contributed by atoms with Gasteiger partial charge in [-0.05, 0) is 49.1 Å². The van der Waals surface area contributed by atoms with Gasteiger partial charge >= 0.3 is 12.4 Å². The molecule has 0 amide bonds. The lowest BCUT2D eigenvalue weighted by molar-refractivity contribution is -0.968. The maximum absolute atomic E-state index is 13.6. The summed E-state index contributed by atoms with van der Waals surface area (Å²) in [5, 5.41) is 0. The van der Waals surface area contributed by atoms with Gasteiger partial charge in [-0.3, -0.25) is 0 Å². The SMILES string of the molecule is C[C@@H]1C[N@@+]2(Cc3ccccc3)C[C@](OCc3cc(C(F)(F)F)cc(C(F)(F)F)c3)(c3ccccc3)[C@H]3CC[C@@H]1[C@]32C. The zero-order valence-electron chi connectivity index (χ0n) is 23.1. The molecule has 3 aliphatic rings. The molecule has 0 N–H and O–H groups in total. The minimum absolute atomic E-state index is 0.0592. The van der Waals surface area contributed by atoms with E-state index >= 15 is 0 Å². The molecule has 3 aromatic rings. The second-order valence-electron chi connectivity index (χ2n) is 12.5. The molecule has 2 saturated heterocycles. The van der Waals surface area contributed by atoms with Gasteiger partial charge in [0.1, 0.15) is 18.6 Å². The predicted octanol–water partition coefficient (Wildman–Crippen LogP) is 8.60. The summed E-state index contributed by atoms with van der Waals surface area (Å²) in [6.45, 7) is 6.68. The van der Waals surface area contributed by atoms with Crippen LogP contribution in [0.15, 0.2) is 78.9 Å². The van der Waals surface area contributed by atoms with E-state index in [4.69, 9.17) is 4.74 Å². The van der Waals surface area contributed by atoms with Gasteiger partial charge in [-0.25, -0.2) is 0 Å². The molecule has 2 heterocycles. The number of halogens is 6. The van der Waals surface area contributed by atoms with Gasteiger partial charge in [0.15, 0.2) is 5.60 Å². The van der Waals surface area contributed by atoms with Gasteiger partial charge in [-0.15, -0.1) is 0 Å². The zero-order chi connectivity index (χ0) is 29.3. The highest BCUT2D eigenvalue weighted by molar-refractivity contribution is 5.34. The average Bonchev–Trinajstić information content (AvgIpc) is 3.47. The van der Waals surface area contributed by atoms with E-state index in [1.807, 2.05) is 48.5 Å². The molecule has 3 fully saturated rings. The standard InChI is InChI=1S/C33H34F6NO/c1-22-18-40(19-23-9-5-3-6-10-23)21-31(25-11-7-4-8-12-25,29-14-13-28(22)30(29,40)2)41-20-24-15-26(32(34,35)36)17-27(16-24)33(37,38)39/h3-12,15-17,22,28-29H,13-14,18-21H2,1-2H3/q+1/t22-,28+,29+,30-,31+,40-/m1/s1. The molecule has 0 radical (unpaired) electrons. The van der Waals surface area contributed by atoms with Crippen molar-refractivity contribution < 1.29 is 35.6 Å². The summed E-state index contributed by atoms with van der Waals surface area (Å²) in [5.41, 5.74) is -1.62. The summed E-state index contributed by atoms with van der Waals surface area (Å²) in [5.74, 6) is 1.01. The molecule has 6 atom stereocenters. The molecule has 8 heteroatoms. The zero-order valence-corrected chi connectivity index (χ0v) is 23.1. The number of hydrogen-bond acceptors (Lipinski definition) is 1. The molecule has 6 rings (SSSR count). The van der Waals surface area contributed by atoms with Crippen LogP contribution in [0.3, 0.4) is 0 Å². The Hall–Kier alpha value is -2.84. The molecule has 2 nitrogen and oxygen atoms in total. The minimum atomic E-state index is -4.91. The van der Waals surface area contributed by atoms with E-state index in [0.717, 1.165) is 48.1 Å². The van der Waals surface area contributed by atoms with Crippen LogP contribution in [0.2, 0.25) is 0 Å². The molecule has 1 saturated carbocycles. The highest BCUT2D eigenvalue weighted by atomic mass is 19.4. The molecular formula is C33H34F6NO+. The summed E-state index contributed by atoms with van der Waals surface area (Å²) in [4.78, 5) is 0.